The molecule has 0 atom stereocenters. The summed E-state index contributed by atoms with van der Waals surface area (Å²) in [5.74, 6) is 2.25. The Bertz CT molecular complexity index is 634. The molecule has 2 heterocycles. The summed E-state index contributed by atoms with van der Waals surface area (Å²) < 4.78 is 11.8. The standard InChI is InChI=1S/C14H14BrN3O2/c1-19-13-6-12(17-8-18-13)16-7-10-5-11(15)4-9-2-3-20-14(9)10/h4-6,8H,2-3,7H2,1H3,(H,16,17,18). The number of nitrogens with zero attached hydrogens (tertiary/aromatic N) is 2. The first-order valence-corrected chi connectivity index (χ1v) is 7.09. The Balaban J connectivity index is 1.78. The van der Waals surface area contributed by atoms with Gasteiger partial charge >= 0.3 is 0 Å². The average Bonchev–Trinajstić information content (AvgIpc) is 2.93. The third kappa shape index (κ3) is 2.70. The van der Waals surface area contributed by atoms with Crippen molar-refractivity contribution in [1.29, 1.82) is 0 Å². The second-order valence-electron chi connectivity index (χ2n) is 4.45. The number of benzene rings is 1. The molecule has 104 valence electrons. The highest BCUT2D eigenvalue weighted by atomic mass is 79.9. The van der Waals surface area contributed by atoms with Crippen molar-refractivity contribution in [2.45, 2.75) is 13.0 Å². The van der Waals surface area contributed by atoms with Crippen LogP contribution in [0, 0.1) is 0 Å². The zero-order chi connectivity index (χ0) is 13.9. The maximum absolute atomic E-state index is 5.70. The molecule has 1 aromatic heterocycles. The van der Waals surface area contributed by atoms with Gasteiger partial charge in [0, 0.05) is 29.1 Å². The third-order valence-electron chi connectivity index (χ3n) is 3.14. The van der Waals surface area contributed by atoms with E-state index in [-0.39, 0.29) is 0 Å². The molecule has 1 aliphatic heterocycles. The number of hydrogen-bond donors (Lipinski definition) is 1. The molecule has 6 heteroatoms. The highest BCUT2D eigenvalue weighted by Gasteiger charge is 2.17. The second-order valence-corrected chi connectivity index (χ2v) is 5.37. The molecule has 0 saturated heterocycles. The van der Waals surface area contributed by atoms with Gasteiger partial charge in [0.2, 0.25) is 5.88 Å². The van der Waals surface area contributed by atoms with E-state index >= 15 is 0 Å². The van der Waals surface area contributed by atoms with Crippen LogP contribution in [0.4, 0.5) is 5.82 Å². The molecule has 0 aliphatic carbocycles. The highest BCUT2D eigenvalue weighted by molar-refractivity contribution is 9.10. The van der Waals surface area contributed by atoms with E-state index in [1.807, 2.05) is 0 Å². The van der Waals surface area contributed by atoms with Crippen LogP contribution in [0.5, 0.6) is 11.6 Å². The number of rotatable bonds is 4. The van der Waals surface area contributed by atoms with E-state index in [4.69, 9.17) is 9.47 Å². The SMILES string of the molecule is COc1cc(NCc2cc(Br)cc3c2OCC3)ncn1. The van der Waals surface area contributed by atoms with Crippen molar-refractivity contribution < 1.29 is 9.47 Å². The Morgan fingerprint density at radius 2 is 2.25 bits per heavy atom. The normalized spacial score (nSPS) is 12.7. The van der Waals surface area contributed by atoms with Crippen LogP contribution >= 0.6 is 15.9 Å². The van der Waals surface area contributed by atoms with Crippen LogP contribution in [0.2, 0.25) is 0 Å². The summed E-state index contributed by atoms with van der Waals surface area (Å²) in [6, 6.07) is 5.94. The van der Waals surface area contributed by atoms with Crippen molar-refractivity contribution in [2.75, 3.05) is 19.0 Å². The number of aromatic nitrogens is 2. The Hall–Kier alpha value is -1.82. The van der Waals surface area contributed by atoms with Gasteiger partial charge in [-0.05, 0) is 17.7 Å². The maximum atomic E-state index is 5.70. The number of halogens is 1. The lowest BCUT2D eigenvalue weighted by Crippen LogP contribution is -2.04. The summed E-state index contributed by atoms with van der Waals surface area (Å²) in [7, 11) is 1.58. The van der Waals surface area contributed by atoms with Gasteiger partial charge in [0.25, 0.3) is 0 Å². The maximum Gasteiger partial charge on any atom is 0.218 e. The van der Waals surface area contributed by atoms with Gasteiger partial charge in [0.05, 0.1) is 13.7 Å². The molecule has 0 spiro atoms. The lowest BCUT2D eigenvalue weighted by Gasteiger charge is -2.11. The van der Waals surface area contributed by atoms with Crippen LogP contribution < -0.4 is 14.8 Å². The zero-order valence-electron chi connectivity index (χ0n) is 11.0. The first kappa shape index (κ1) is 13.2. The summed E-state index contributed by atoms with van der Waals surface area (Å²) >= 11 is 3.54. The summed E-state index contributed by atoms with van der Waals surface area (Å²) in [6.07, 6.45) is 2.44. The number of anilines is 1. The van der Waals surface area contributed by atoms with Crippen LogP contribution in [0.15, 0.2) is 29.0 Å². The minimum atomic E-state index is 0.540. The van der Waals surface area contributed by atoms with Crippen LogP contribution in [0.1, 0.15) is 11.1 Å². The van der Waals surface area contributed by atoms with Crippen molar-refractivity contribution in [1.82, 2.24) is 9.97 Å². The van der Waals surface area contributed by atoms with Gasteiger partial charge in [0.15, 0.2) is 0 Å². The summed E-state index contributed by atoms with van der Waals surface area (Å²) in [5.41, 5.74) is 2.36. The quantitative estimate of drug-likeness (QED) is 0.930. The van der Waals surface area contributed by atoms with Crippen LogP contribution in [0.3, 0.4) is 0 Å². The molecule has 0 amide bonds. The number of fused-ring (bicyclic) bond motifs is 1. The Morgan fingerprint density at radius 3 is 3.10 bits per heavy atom. The van der Waals surface area contributed by atoms with Gasteiger partial charge < -0.3 is 14.8 Å². The number of ether oxygens (including phenoxy) is 2. The fourth-order valence-corrected chi connectivity index (χ4v) is 2.76. The molecule has 20 heavy (non-hydrogen) atoms. The van der Waals surface area contributed by atoms with Gasteiger partial charge in [-0.3, -0.25) is 0 Å². The fraction of sp³-hybridized carbons (Fsp3) is 0.286. The zero-order valence-corrected chi connectivity index (χ0v) is 12.6. The summed E-state index contributed by atoms with van der Waals surface area (Å²) in [5, 5.41) is 3.26. The number of hydrogen-bond acceptors (Lipinski definition) is 5. The minimum absolute atomic E-state index is 0.540. The Labute approximate surface area is 125 Å². The van der Waals surface area contributed by atoms with E-state index in [9.17, 15) is 0 Å². The molecule has 1 N–H and O–H groups in total. The van der Waals surface area contributed by atoms with Crippen LogP contribution in [-0.2, 0) is 13.0 Å². The van der Waals surface area contributed by atoms with Gasteiger partial charge in [-0.15, -0.1) is 0 Å². The summed E-state index contributed by atoms with van der Waals surface area (Å²) in [4.78, 5) is 8.14. The van der Waals surface area contributed by atoms with Crippen molar-refractivity contribution >= 4 is 21.7 Å². The third-order valence-corrected chi connectivity index (χ3v) is 3.59. The topological polar surface area (TPSA) is 56.3 Å². The Kier molecular flexibility index (Phi) is 3.73. The molecular formula is C14H14BrN3O2. The highest BCUT2D eigenvalue weighted by Crippen LogP contribution is 2.33. The van der Waals surface area contributed by atoms with E-state index in [1.54, 1.807) is 13.2 Å². The van der Waals surface area contributed by atoms with Gasteiger partial charge in [-0.25, -0.2) is 9.97 Å². The number of nitrogens with one attached hydrogen (secondary N) is 1. The van der Waals surface area contributed by atoms with Gasteiger partial charge in [-0.2, -0.15) is 0 Å². The minimum Gasteiger partial charge on any atom is -0.493 e. The van der Waals surface area contributed by atoms with E-state index in [1.165, 1.54) is 11.9 Å². The van der Waals surface area contributed by atoms with Crippen LogP contribution in [0.25, 0.3) is 0 Å². The predicted molar refractivity (Wildman–Crippen MR) is 79.3 cm³/mol. The van der Waals surface area contributed by atoms with Crippen molar-refractivity contribution in [2.24, 2.45) is 0 Å². The first-order chi connectivity index (χ1) is 9.76. The second kappa shape index (κ2) is 5.66. The number of methoxy groups -OCH3 is 1. The van der Waals surface area contributed by atoms with E-state index in [2.05, 4.69) is 43.3 Å². The monoisotopic (exact) mass is 335 g/mol. The van der Waals surface area contributed by atoms with Gasteiger partial charge in [0.1, 0.15) is 17.9 Å². The average molecular weight is 336 g/mol. The lowest BCUT2D eigenvalue weighted by atomic mass is 10.1. The Morgan fingerprint density at radius 1 is 1.35 bits per heavy atom. The fourth-order valence-electron chi connectivity index (χ4n) is 2.21. The van der Waals surface area contributed by atoms with Gasteiger partial charge in [-0.1, -0.05) is 15.9 Å². The molecule has 2 aromatic rings. The predicted octanol–water partition coefficient (Wildman–Crippen LogP) is 2.79. The van der Waals surface area contributed by atoms with E-state index in [0.29, 0.717) is 12.4 Å². The lowest BCUT2D eigenvalue weighted by molar-refractivity contribution is 0.354. The smallest absolute Gasteiger partial charge is 0.218 e. The van der Waals surface area contributed by atoms with Crippen molar-refractivity contribution in [3.8, 4) is 11.6 Å². The van der Waals surface area contributed by atoms with Crippen molar-refractivity contribution in [3.05, 3.63) is 40.1 Å². The largest absolute Gasteiger partial charge is 0.493 e. The molecule has 1 aliphatic rings. The molecule has 5 nitrogen and oxygen atoms in total. The molecule has 0 unspecified atom stereocenters. The molecule has 0 saturated carbocycles. The van der Waals surface area contributed by atoms with Crippen molar-refractivity contribution in [3.63, 3.8) is 0 Å². The van der Waals surface area contributed by atoms with E-state index in [0.717, 1.165) is 34.6 Å². The molecule has 1 aromatic carbocycles. The van der Waals surface area contributed by atoms with E-state index < -0.39 is 0 Å². The first-order valence-electron chi connectivity index (χ1n) is 6.30. The molecule has 0 bridgehead atoms. The molecular weight excluding hydrogens is 322 g/mol. The molecule has 3 rings (SSSR count). The molecule has 0 fully saturated rings. The van der Waals surface area contributed by atoms with Crippen LogP contribution in [-0.4, -0.2) is 23.7 Å². The summed E-state index contributed by atoms with van der Waals surface area (Å²) in [6.45, 7) is 1.39. The molecule has 0 radical (unpaired) electrons.